The molecule has 1 aromatic heterocycles. The Labute approximate surface area is 175 Å². The first-order chi connectivity index (χ1) is 14.5. The number of nitrogens with zero attached hydrogens (tertiary/aromatic N) is 5. The van der Waals surface area contributed by atoms with Crippen LogP contribution in [0.25, 0.3) is 0 Å². The highest BCUT2D eigenvalue weighted by molar-refractivity contribution is 5.97. The van der Waals surface area contributed by atoms with Crippen molar-refractivity contribution in [3.05, 3.63) is 41.7 Å². The van der Waals surface area contributed by atoms with E-state index >= 15 is 0 Å². The molecule has 0 radical (unpaired) electrons. The first kappa shape index (κ1) is 21.7. The zero-order valence-electron chi connectivity index (χ0n) is 17.2. The summed E-state index contributed by atoms with van der Waals surface area (Å²) in [7, 11) is 0. The normalized spacial score (nSPS) is 14.4. The second kappa shape index (κ2) is 10.2. The zero-order valence-corrected chi connectivity index (χ0v) is 17.2. The number of amides is 2. The van der Waals surface area contributed by atoms with Gasteiger partial charge < -0.3 is 24.4 Å². The lowest BCUT2D eigenvalue weighted by Gasteiger charge is -2.34. The van der Waals surface area contributed by atoms with Crippen molar-refractivity contribution < 1.29 is 24.2 Å². The van der Waals surface area contributed by atoms with Gasteiger partial charge >= 0.3 is 0 Å². The van der Waals surface area contributed by atoms with Crippen LogP contribution >= 0.6 is 0 Å². The number of rotatable bonds is 8. The Morgan fingerprint density at radius 2 is 1.63 bits per heavy atom. The maximum Gasteiger partial charge on any atom is 0.276 e. The predicted molar refractivity (Wildman–Crippen MR) is 107 cm³/mol. The van der Waals surface area contributed by atoms with Crippen molar-refractivity contribution in [3.8, 4) is 5.75 Å². The highest BCUT2D eigenvalue weighted by atomic mass is 16.7. The van der Waals surface area contributed by atoms with Crippen LogP contribution in [0.3, 0.4) is 0 Å². The lowest BCUT2D eigenvalue weighted by atomic mass is 10.1. The summed E-state index contributed by atoms with van der Waals surface area (Å²) < 4.78 is 12.5. The Morgan fingerprint density at radius 3 is 2.23 bits per heavy atom. The topological polar surface area (TPSA) is 110 Å². The van der Waals surface area contributed by atoms with Crippen LogP contribution in [0.5, 0.6) is 5.75 Å². The zero-order chi connectivity index (χ0) is 21.5. The number of benzene rings is 1. The van der Waals surface area contributed by atoms with Crippen LogP contribution in [0.2, 0.25) is 0 Å². The van der Waals surface area contributed by atoms with Crippen molar-refractivity contribution in [1.29, 1.82) is 0 Å². The number of ether oxygens (including phenoxy) is 2. The molecule has 0 saturated carbocycles. The fraction of sp³-hybridized carbons (Fsp3) is 0.500. The van der Waals surface area contributed by atoms with Crippen molar-refractivity contribution in [1.82, 2.24) is 24.8 Å². The van der Waals surface area contributed by atoms with Gasteiger partial charge in [-0.25, -0.2) is 4.68 Å². The fourth-order valence-electron chi connectivity index (χ4n) is 3.26. The monoisotopic (exact) mass is 417 g/mol. The molecule has 0 spiro atoms. The van der Waals surface area contributed by atoms with Crippen LogP contribution in [0.4, 0.5) is 0 Å². The number of hydrogen-bond donors (Lipinski definition) is 1. The molecule has 3 rings (SSSR count). The van der Waals surface area contributed by atoms with Gasteiger partial charge in [0.05, 0.1) is 18.3 Å². The Balaban J connectivity index is 1.56. The van der Waals surface area contributed by atoms with Gasteiger partial charge in [0.25, 0.3) is 11.8 Å². The molecular formula is C20H27N5O5. The molecular weight excluding hydrogens is 390 g/mol. The van der Waals surface area contributed by atoms with E-state index in [2.05, 4.69) is 10.3 Å². The van der Waals surface area contributed by atoms with Crippen LogP contribution in [0.1, 0.15) is 34.7 Å². The molecule has 30 heavy (non-hydrogen) atoms. The van der Waals surface area contributed by atoms with E-state index in [0.29, 0.717) is 45.9 Å². The second-order valence-corrected chi connectivity index (χ2v) is 6.77. The molecule has 1 aromatic carbocycles. The molecule has 2 aromatic rings. The molecule has 0 bridgehead atoms. The number of para-hydroxylation sites is 1. The van der Waals surface area contributed by atoms with E-state index < -0.39 is 6.29 Å². The van der Waals surface area contributed by atoms with Gasteiger partial charge in [-0.15, -0.1) is 5.10 Å². The maximum atomic E-state index is 12.8. The maximum absolute atomic E-state index is 12.8. The van der Waals surface area contributed by atoms with Gasteiger partial charge in [0.15, 0.2) is 12.0 Å². The standard InChI is InChI=1S/C20H27N5O5/c1-3-29-18(30-4-2)14-25-13-16(21-22-25)20(28)24-11-9-23(10-12-24)19(27)15-7-5-6-8-17(15)26/h5-8,13,18,26H,3-4,9-12,14H2,1-2H3. The summed E-state index contributed by atoms with van der Waals surface area (Å²) in [5, 5.41) is 17.9. The summed E-state index contributed by atoms with van der Waals surface area (Å²) in [6.45, 7) is 6.64. The quantitative estimate of drug-likeness (QED) is 0.638. The van der Waals surface area contributed by atoms with Gasteiger partial charge in [0.1, 0.15) is 5.75 Å². The van der Waals surface area contributed by atoms with E-state index in [1.54, 1.807) is 34.2 Å². The van der Waals surface area contributed by atoms with Crippen LogP contribution < -0.4 is 0 Å². The fourth-order valence-corrected chi connectivity index (χ4v) is 3.26. The van der Waals surface area contributed by atoms with Gasteiger partial charge in [-0.1, -0.05) is 17.3 Å². The van der Waals surface area contributed by atoms with Crippen LogP contribution in [0.15, 0.2) is 30.5 Å². The Bertz CT molecular complexity index is 857. The predicted octanol–water partition coefficient (Wildman–Crippen LogP) is 0.981. The average Bonchev–Trinajstić information content (AvgIpc) is 3.22. The summed E-state index contributed by atoms with van der Waals surface area (Å²) >= 11 is 0. The lowest BCUT2D eigenvalue weighted by molar-refractivity contribution is -0.145. The molecule has 1 N–H and O–H groups in total. The molecule has 1 aliphatic heterocycles. The average molecular weight is 417 g/mol. The Hall–Kier alpha value is -2.98. The minimum Gasteiger partial charge on any atom is -0.507 e. The Kier molecular flexibility index (Phi) is 7.36. The largest absolute Gasteiger partial charge is 0.507 e. The molecule has 0 aliphatic carbocycles. The summed E-state index contributed by atoms with van der Waals surface area (Å²) in [4.78, 5) is 28.6. The van der Waals surface area contributed by atoms with Gasteiger partial charge in [-0.3, -0.25) is 9.59 Å². The van der Waals surface area contributed by atoms with Crippen molar-refractivity contribution in [2.24, 2.45) is 0 Å². The summed E-state index contributed by atoms with van der Waals surface area (Å²) in [5.41, 5.74) is 0.501. The summed E-state index contributed by atoms with van der Waals surface area (Å²) in [6, 6.07) is 6.45. The molecule has 10 nitrogen and oxygen atoms in total. The van der Waals surface area contributed by atoms with Gasteiger partial charge in [-0.2, -0.15) is 0 Å². The van der Waals surface area contributed by atoms with Gasteiger partial charge in [0.2, 0.25) is 0 Å². The minimum atomic E-state index is -0.450. The molecule has 10 heteroatoms. The van der Waals surface area contributed by atoms with E-state index in [-0.39, 0.29) is 28.8 Å². The molecule has 162 valence electrons. The van der Waals surface area contributed by atoms with Gasteiger partial charge in [0, 0.05) is 39.4 Å². The number of carbonyl (C=O) groups excluding carboxylic acids is 2. The number of phenolic OH excluding ortho intramolecular Hbond substituents is 1. The summed E-state index contributed by atoms with van der Waals surface area (Å²) in [5.74, 6) is -0.528. The van der Waals surface area contributed by atoms with E-state index in [1.165, 1.54) is 10.7 Å². The number of carbonyl (C=O) groups is 2. The molecule has 1 saturated heterocycles. The Morgan fingerprint density at radius 1 is 1.03 bits per heavy atom. The third-order valence-electron chi connectivity index (χ3n) is 4.79. The number of phenols is 1. The first-order valence-electron chi connectivity index (χ1n) is 10.0. The number of aromatic hydroxyl groups is 1. The van der Waals surface area contributed by atoms with Gasteiger partial charge in [-0.05, 0) is 26.0 Å². The number of piperazine rings is 1. The summed E-state index contributed by atoms with van der Waals surface area (Å²) in [6.07, 6.45) is 1.13. The highest BCUT2D eigenvalue weighted by Gasteiger charge is 2.28. The third kappa shape index (κ3) is 5.14. The molecule has 1 aliphatic rings. The van der Waals surface area contributed by atoms with Crippen molar-refractivity contribution in [3.63, 3.8) is 0 Å². The lowest BCUT2D eigenvalue weighted by Crippen LogP contribution is -2.50. The second-order valence-electron chi connectivity index (χ2n) is 6.77. The van der Waals surface area contributed by atoms with Crippen LogP contribution in [0, 0.1) is 0 Å². The molecule has 1 fully saturated rings. The van der Waals surface area contributed by atoms with E-state index in [9.17, 15) is 14.7 Å². The number of hydrogen-bond acceptors (Lipinski definition) is 7. The molecule has 0 atom stereocenters. The van der Waals surface area contributed by atoms with Crippen LogP contribution in [-0.2, 0) is 16.0 Å². The van der Waals surface area contributed by atoms with Crippen molar-refractivity contribution >= 4 is 11.8 Å². The van der Waals surface area contributed by atoms with E-state index in [4.69, 9.17) is 9.47 Å². The SMILES string of the molecule is CCOC(Cn1cc(C(=O)N2CCN(C(=O)c3ccccc3O)CC2)nn1)OCC. The minimum absolute atomic E-state index is 0.0463. The van der Waals surface area contributed by atoms with Crippen molar-refractivity contribution in [2.45, 2.75) is 26.7 Å². The number of aromatic nitrogens is 3. The molecule has 2 heterocycles. The van der Waals surface area contributed by atoms with Crippen molar-refractivity contribution in [2.75, 3.05) is 39.4 Å². The third-order valence-corrected chi connectivity index (χ3v) is 4.79. The van der Waals surface area contributed by atoms with E-state index in [1.807, 2.05) is 13.8 Å². The smallest absolute Gasteiger partial charge is 0.276 e. The van der Waals surface area contributed by atoms with E-state index in [0.717, 1.165) is 0 Å². The van der Waals surface area contributed by atoms with Crippen LogP contribution in [-0.4, -0.2) is 87.4 Å². The first-order valence-corrected chi connectivity index (χ1v) is 10.0. The highest BCUT2D eigenvalue weighted by Crippen LogP contribution is 2.19. The molecule has 2 amide bonds. The molecule has 0 unspecified atom stereocenters.